The lowest BCUT2D eigenvalue weighted by Crippen LogP contribution is -2.46. The summed E-state index contributed by atoms with van der Waals surface area (Å²) in [7, 11) is 0. The predicted octanol–water partition coefficient (Wildman–Crippen LogP) is 2.69. The second kappa shape index (κ2) is 6.68. The largest absolute Gasteiger partial charge is 0.444 e. The van der Waals surface area contributed by atoms with Crippen LogP contribution in [0.5, 0.6) is 0 Å². The molecule has 1 saturated heterocycles. The minimum absolute atomic E-state index is 0.162. The molecule has 3 rings (SSSR count). The number of aliphatic hydroxyl groups is 1. The maximum Gasteiger partial charge on any atom is 0.410 e. The molecule has 2 aliphatic carbocycles. The summed E-state index contributed by atoms with van der Waals surface area (Å²) in [5, 5.41) is 13.1. The van der Waals surface area contributed by atoms with Crippen LogP contribution >= 0.6 is 0 Å². The van der Waals surface area contributed by atoms with Crippen LogP contribution in [0.4, 0.5) is 4.79 Å². The molecule has 0 bridgehead atoms. The van der Waals surface area contributed by atoms with Crippen molar-refractivity contribution >= 4 is 6.09 Å². The van der Waals surface area contributed by atoms with Crippen molar-refractivity contribution in [3.63, 3.8) is 0 Å². The summed E-state index contributed by atoms with van der Waals surface area (Å²) in [6.07, 6.45) is 7.68. The lowest BCUT2D eigenvalue weighted by atomic mass is 9.81. The van der Waals surface area contributed by atoms with Crippen LogP contribution in [0.2, 0.25) is 0 Å². The van der Waals surface area contributed by atoms with Gasteiger partial charge in [0.25, 0.3) is 0 Å². The first kappa shape index (κ1) is 17.7. The van der Waals surface area contributed by atoms with Gasteiger partial charge < -0.3 is 20.1 Å². The first-order chi connectivity index (χ1) is 11.3. The smallest absolute Gasteiger partial charge is 0.410 e. The number of hydrogen-bond acceptors (Lipinski definition) is 4. The highest BCUT2D eigenvalue weighted by molar-refractivity contribution is 5.68. The van der Waals surface area contributed by atoms with Crippen molar-refractivity contribution in [2.45, 2.75) is 64.5 Å². The third-order valence-electron chi connectivity index (χ3n) is 5.56. The van der Waals surface area contributed by atoms with Gasteiger partial charge in [-0.2, -0.15) is 0 Å². The summed E-state index contributed by atoms with van der Waals surface area (Å²) in [6, 6.07) is 0.424. The van der Waals surface area contributed by atoms with Gasteiger partial charge in [-0.05, 0) is 58.8 Å². The molecular weight excluding hydrogens is 304 g/mol. The highest BCUT2D eigenvalue weighted by atomic mass is 16.6. The van der Waals surface area contributed by atoms with Gasteiger partial charge in [0, 0.05) is 37.7 Å². The molecule has 1 saturated carbocycles. The number of likely N-dealkylation sites (tertiary alicyclic amines) is 1. The number of carbonyl (C=O) groups is 1. The van der Waals surface area contributed by atoms with Crippen LogP contribution < -0.4 is 5.32 Å². The van der Waals surface area contributed by atoms with Crippen molar-refractivity contribution in [1.82, 2.24) is 10.2 Å². The molecule has 3 aliphatic rings. The average molecular weight is 336 g/mol. The van der Waals surface area contributed by atoms with Crippen LogP contribution in [-0.4, -0.2) is 54.0 Å². The summed E-state index contributed by atoms with van der Waals surface area (Å²) in [4.78, 5) is 14.1. The zero-order valence-electron chi connectivity index (χ0n) is 15.3. The summed E-state index contributed by atoms with van der Waals surface area (Å²) >= 11 is 0. The number of amides is 1. The van der Waals surface area contributed by atoms with Gasteiger partial charge in [-0.25, -0.2) is 4.79 Å². The van der Waals surface area contributed by atoms with Crippen LogP contribution in [0.3, 0.4) is 0 Å². The maximum absolute atomic E-state index is 12.3. The van der Waals surface area contributed by atoms with Gasteiger partial charge in [0.15, 0.2) is 0 Å². The quantitative estimate of drug-likeness (QED) is 0.775. The van der Waals surface area contributed by atoms with Gasteiger partial charge in [0.1, 0.15) is 5.60 Å². The number of piperidine rings is 1. The molecule has 5 heteroatoms. The molecule has 1 aliphatic heterocycles. The fourth-order valence-electron chi connectivity index (χ4n) is 3.73. The second-order valence-electron chi connectivity index (χ2n) is 8.84. The Labute approximate surface area is 145 Å². The molecule has 1 heterocycles. The molecule has 24 heavy (non-hydrogen) atoms. The monoisotopic (exact) mass is 336 g/mol. The van der Waals surface area contributed by atoms with Gasteiger partial charge in [0.05, 0.1) is 0 Å². The van der Waals surface area contributed by atoms with E-state index in [9.17, 15) is 9.90 Å². The van der Waals surface area contributed by atoms with Crippen molar-refractivity contribution in [1.29, 1.82) is 0 Å². The van der Waals surface area contributed by atoms with Gasteiger partial charge >= 0.3 is 6.09 Å². The van der Waals surface area contributed by atoms with Crippen LogP contribution in [-0.2, 0) is 4.74 Å². The van der Waals surface area contributed by atoms with E-state index in [1.807, 2.05) is 25.7 Å². The first-order valence-electron chi connectivity index (χ1n) is 9.33. The van der Waals surface area contributed by atoms with Crippen LogP contribution in [0.25, 0.3) is 0 Å². The van der Waals surface area contributed by atoms with Crippen molar-refractivity contribution in [3.05, 3.63) is 11.6 Å². The zero-order chi connectivity index (χ0) is 17.4. The van der Waals surface area contributed by atoms with Gasteiger partial charge in [-0.15, -0.1) is 0 Å². The van der Waals surface area contributed by atoms with E-state index in [4.69, 9.17) is 4.74 Å². The lowest BCUT2D eigenvalue weighted by Gasteiger charge is -2.39. The van der Waals surface area contributed by atoms with E-state index in [2.05, 4.69) is 11.4 Å². The van der Waals surface area contributed by atoms with Gasteiger partial charge in [-0.3, -0.25) is 0 Å². The number of fused-ring (bicyclic) bond motifs is 1. The number of nitrogens with zero attached hydrogens (tertiary/aromatic N) is 1. The Bertz CT molecular complexity index is 505. The van der Waals surface area contributed by atoms with E-state index < -0.39 is 5.60 Å². The van der Waals surface area contributed by atoms with Crippen LogP contribution in [0.1, 0.15) is 52.9 Å². The number of carbonyl (C=O) groups excluding carboxylic acids is 1. The van der Waals surface area contributed by atoms with E-state index in [0.717, 1.165) is 51.7 Å². The summed E-state index contributed by atoms with van der Waals surface area (Å²) in [5.41, 5.74) is 1.22. The molecule has 5 nitrogen and oxygen atoms in total. The minimum Gasteiger partial charge on any atom is -0.444 e. The molecule has 2 unspecified atom stereocenters. The highest BCUT2D eigenvalue weighted by Crippen LogP contribution is 2.44. The zero-order valence-corrected chi connectivity index (χ0v) is 15.3. The van der Waals surface area contributed by atoms with Crippen LogP contribution in [0, 0.1) is 11.3 Å². The topological polar surface area (TPSA) is 61.8 Å². The lowest BCUT2D eigenvalue weighted by molar-refractivity contribution is 0.0195. The van der Waals surface area contributed by atoms with Crippen molar-refractivity contribution in [3.8, 4) is 0 Å². The molecule has 0 aromatic rings. The normalized spacial score (nSPS) is 28.8. The Hall–Kier alpha value is -1.07. The molecule has 0 spiro atoms. The fourth-order valence-corrected chi connectivity index (χ4v) is 3.73. The van der Waals surface area contributed by atoms with Gasteiger partial charge in [0.2, 0.25) is 0 Å². The Morgan fingerprint density at radius 2 is 2.17 bits per heavy atom. The summed E-state index contributed by atoms with van der Waals surface area (Å²) in [6.45, 7) is 8.50. The van der Waals surface area contributed by atoms with Gasteiger partial charge in [-0.1, -0.05) is 11.6 Å². The molecule has 136 valence electrons. The van der Waals surface area contributed by atoms with E-state index in [-0.39, 0.29) is 11.5 Å². The summed E-state index contributed by atoms with van der Waals surface area (Å²) < 4.78 is 5.50. The first-order valence-corrected chi connectivity index (χ1v) is 9.33. The Morgan fingerprint density at radius 1 is 1.42 bits per heavy atom. The Balaban J connectivity index is 1.51. The maximum atomic E-state index is 12.3. The van der Waals surface area contributed by atoms with Crippen LogP contribution in [0.15, 0.2) is 11.6 Å². The average Bonchev–Trinajstić information content (AvgIpc) is 3.31. The molecule has 0 aromatic carbocycles. The summed E-state index contributed by atoms with van der Waals surface area (Å²) in [5.74, 6) is 0.483. The number of nitrogens with one attached hydrogen (secondary N) is 1. The predicted molar refractivity (Wildman–Crippen MR) is 93.8 cm³/mol. The van der Waals surface area contributed by atoms with Crippen molar-refractivity contribution in [2.24, 2.45) is 11.3 Å². The van der Waals surface area contributed by atoms with E-state index >= 15 is 0 Å². The van der Waals surface area contributed by atoms with E-state index in [1.165, 1.54) is 5.57 Å². The van der Waals surface area contributed by atoms with E-state index in [0.29, 0.717) is 18.6 Å². The molecule has 2 N–H and O–H groups in total. The third kappa shape index (κ3) is 4.31. The molecule has 0 radical (unpaired) electrons. The molecule has 0 aromatic heterocycles. The molecular formula is C19H32N2O3. The molecule has 1 amide bonds. The fraction of sp³-hybridized carbons (Fsp3) is 0.842. The molecule has 2 fully saturated rings. The number of ether oxygens (including phenoxy) is 1. The van der Waals surface area contributed by atoms with Crippen molar-refractivity contribution < 1.29 is 14.6 Å². The third-order valence-corrected chi connectivity index (χ3v) is 5.56. The Morgan fingerprint density at radius 3 is 2.79 bits per heavy atom. The number of aliphatic hydroxyl groups excluding tert-OH is 1. The van der Waals surface area contributed by atoms with Crippen molar-refractivity contribution in [2.75, 3.05) is 26.2 Å². The standard InChI is InChI=1S/C19H32N2O3/c1-18(2,3)24-17(23)21-9-6-14-10-16(5-4-15(14)11-21)20-12-19(13-22)7-8-19/h10,15-16,20,22H,4-9,11-13H2,1-3H3. The second-order valence-corrected chi connectivity index (χ2v) is 8.84. The Kier molecular flexibility index (Phi) is 4.94. The number of rotatable bonds is 4. The number of hydrogen-bond donors (Lipinski definition) is 2. The van der Waals surface area contributed by atoms with E-state index in [1.54, 1.807) is 0 Å². The molecule has 2 atom stereocenters. The SMILES string of the molecule is CC(C)(C)OC(=O)N1CCC2=CC(NCC3(CO)CC3)CCC2C1. The minimum atomic E-state index is -0.430. The highest BCUT2D eigenvalue weighted by Gasteiger charge is 2.42.